The molecule has 1 unspecified atom stereocenters. The highest BCUT2D eigenvalue weighted by molar-refractivity contribution is 6.88. The lowest BCUT2D eigenvalue weighted by Gasteiger charge is -2.34. The van der Waals surface area contributed by atoms with Gasteiger partial charge in [-0.15, -0.1) is 0 Å². The lowest BCUT2D eigenvalue weighted by atomic mass is 10.2. The van der Waals surface area contributed by atoms with E-state index in [9.17, 15) is 0 Å². The number of unbranched alkanes of at least 4 members (excludes halogenated alkanes) is 4. The topological polar surface area (TPSA) is 3.24 Å². The van der Waals surface area contributed by atoms with E-state index in [2.05, 4.69) is 68.3 Å². The number of nitrogens with zero attached hydrogens (tertiary/aromatic N) is 1. The summed E-state index contributed by atoms with van der Waals surface area (Å²) in [6.45, 7) is 11.9. The van der Waals surface area contributed by atoms with Crippen molar-refractivity contribution in [2.75, 3.05) is 7.05 Å². The Bertz CT molecular complexity index is 272. The molecule has 19 heavy (non-hydrogen) atoms. The maximum Gasteiger partial charge on any atom is 0.139 e. The van der Waals surface area contributed by atoms with Crippen LogP contribution in [-0.2, 0) is 0 Å². The first-order valence-electron chi connectivity index (χ1n) is 8.03. The summed E-state index contributed by atoms with van der Waals surface area (Å²) in [5.41, 5.74) is 5.05. The molecule has 0 radical (unpaired) electrons. The molecule has 0 rings (SSSR count). The predicted molar refractivity (Wildman–Crippen MR) is 95.6 cm³/mol. The van der Waals surface area contributed by atoms with Crippen LogP contribution in [0.2, 0.25) is 19.6 Å². The molecular formula is C16H35NSi2. The van der Waals surface area contributed by atoms with Crippen molar-refractivity contribution in [1.82, 2.24) is 4.23 Å². The van der Waals surface area contributed by atoms with E-state index in [4.69, 9.17) is 0 Å². The fourth-order valence-electron chi connectivity index (χ4n) is 2.08. The SMILES string of the molecule is CCCC/C=C/[SiH](C)N(C)[Si](C)(C)/C=C/CCCC. The van der Waals surface area contributed by atoms with Crippen LogP contribution in [0.1, 0.15) is 52.4 Å². The summed E-state index contributed by atoms with van der Waals surface area (Å²) in [6, 6.07) is 0. The van der Waals surface area contributed by atoms with Gasteiger partial charge < -0.3 is 4.23 Å². The molecule has 1 atom stereocenters. The van der Waals surface area contributed by atoms with Crippen molar-refractivity contribution in [3.8, 4) is 0 Å². The smallest absolute Gasteiger partial charge is 0.139 e. The normalized spacial score (nSPS) is 14.9. The molecule has 0 aromatic heterocycles. The highest BCUT2D eigenvalue weighted by Crippen LogP contribution is 2.13. The molecule has 0 heterocycles. The fourth-order valence-corrected chi connectivity index (χ4v) is 8.62. The Hall–Kier alpha value is -0.126. The molecule has 112 valence electrons. The minimum absolute atomic E-state index is 0.859. The minimum Gasteiger partial charge on any atom is -0.345 e. The Balaban J connectivity index is 4.30. The van der Waals surface area contributed by atoms with Gasteiger partial charge in [0.15, 0.2) is 0 Å². The molecule has 0 aliphatic rings. The Morgan fingerprint density at radius 3 is 2.05 bits per heavy atom. The zero-order valence-corrected chi connectivity index (χ0v) is 16.2. The van der Waals surface area contributed by atoms with Crippen LogP contribution in [0.15, 0.2) is 23.6 Å². The summed E-state index contributed by atoms with van der Waals surface area (Å²) in [4.78, 5) is 0. The van der Waals surface area contributed by atoms with E-state index in [1.54, 1.807) is 0 Å². The highest BCUT2D eigenvalue weighted by Gasteiger charge is 2.26. The Kier molecular flexibility index (Phi) is 10.6. The van der Waals surface area contributed by atoms with E-state index in [1.165, 1.54) is 38.5 Å². The van der Waals surface area contributed by atoms with Crippen LogP contribution in [-0.4, -0.2) is 28.5 Å². The van der Waals surface area contributed by atoms with E-state index >= 15 is 0 Å². The molecule has 0 saturated heterocycles. The Morgan fingerprint density at radius 2 is 1.53 bits per heavy atom. The molecule has 0 bridgehead atoms. The highest BCUT2D eigenvalue weighted by atomic mass is 28.4. The predicted octanol–water partition coefficient (Wildman–Crippen LogP) is 5.05. The van der Waals surface area contributed by atoms with E-state index in [0.29, 0.717) is 0 Å². The summed E-state index contributed by atoms with van der Waals surface area (Å²) in [5, 5.41) is 0. The molecule has 0 aliphatic carbocycles. The van der Waals surface area contributed by atoms with Gasteiger partial charge in [0.2, 0.25) is 0 Å². The van der Waals surface area contributed by atoms with Crippen LogP contribution in [0.4, 0.5) is 0 Å². The summed E-state index contributed by atoms with van der Waals surface area (Å²) in [7, 11) is 0.160. The standard InChI is InChI=1S/C16H35NSi2/c1-7-9-11-13-15-18(4)17(3)19(5,6)16-14-12-10-8-2/h13-16,18H,7-12H2,1-6H3/b15-13+,16-14+. The third kappa shape index (κ3) is 8.61. The average Bonchev–Trinajstić information content (AvgIpc) is 2.38. The van der Waals surface area contributed by atoms with Gasteiger partial charge >= 0.3 is 0 Å². The zero-order valence-electron chi connectivity index (χ0n) is 14.1. The first-order chi connectivity index (χ1) is 8.95. The zero-order chi connectivity index (χ0) is 14.7. The number of rotatable bonds is 10. The van der Waals surface area contributed by atoms with Crippen LogP contribution >= 0.6 is 0 Å². The fraction of sp³-hybridized carbons (Fsp3) is 0.750. The molecule has 0 aromatic carbocycles. The Labute approximate surface area is 124 Å². The van der Waals surface area contributed by atoms with Gasteiger partial charge in [0.1, 0.15) is 17.2 Å². The van der Waals surface area contributed by atoms with Crippen molar-refractivity contribution in [2.24, 2.45) is 0 Å². The van der Waals surface area contributed by atoms with Gasteiger partial charge in [-0.2, -0.15) is 0 Å². The molecule has 0 spiro atoms. The lowest BCUT2D eigenvalue weighted by molar-refractivity contribution is 0.788. The van der Waals surface area contributed by atoms with Crippen molar-refractivity contribution >= 4 is 17.2 Å². The maximum atomic E-state index is 2.72. The first-order valence-corrected chi connectivity index (χ1v) is 13.4. The van der Waals surface area contributed by atoms with Crippen molar-refractivity contribution < 1.29 is 0 Å². The van der Waals surface area contributed by atoms with Gasteiger partial charge in [-0.1, -0.05) is 82.7 Å². The quantitative estimate of drug-likeness (QED) is 0.403. The van der Waals surface area contributed by atoms with E-state index < -0.39 is 17.2 Å². The van der Waals surface area contributed by atoms with Gasteiger partial charge in [0.25, 0.3) is 0 Å². The number of allylic oxidation sites excluding steroid dienone is 2. The molecule has 1 nitrogen and oxygen atoms in total. The maximum absolute atomic E-state index is 2.72. The average molecular weight is 298 g/mol. The molecule has 0 amide bonds. The minimum atomic E-state index is -1.33. The molecule has 0 aromatic rings. The number of hydrogen-bond acceptors (Lipinski definition) is 1. The summed E-state index contributed by atoms with van der Waals surface area (Å²) >= 11 is 0. The van der Waals surface area contributed by atoms with Crippen molar-refractivity contribution in [3.63, 3.8) is 0 Å². The van der Waals surface area contributed by atoms with E-state index in [-0.39, 0.29) is 0 Å². The van der Waals surface area contributed by atoms with E-state index in [0.717, 1.165) is 0 Å². The third-order valence-electron chi connectivity index (χ3n) is 3.91. The van der Waals surface area contributed by atoms with Crippen LogP contribution in [0.5, 0.6) is 0 Å². The largest absolute Gasteiger partial charge is 0.345 e. The summed E-state index contributed by atoms with van der Waals surface area (Å²) < 4.78 is 2.72. The van der Waals surface area contributed by atoms with Crippen LogP contribution < -0.4 is 0 Å². The second-order valence-electron chi connectivity index (χ2n) is 6.12. The monoisotopic (exact) mass is 297 g/mol. The van der Waals surface area contributed by atoms with Crippen LogP contribution in [0.3, 0.4) is 0 Å². The van der Waals surface area contributed by atoms with Crippen LogP contribution in [0.25, 0.3) is 0 Å². The third-order valence-corrected chi connectivity index (χ3v) is 12.0. The second kappa shape index (κ2) is 10.6. The van der Waals surface area contributed by atoms with Gasteiger partial charge in [-0.25, -0.2) is 0 Å². The molecule has 0 saturated carbocycles. The van der Waals surface area contributed by atoms with Gasteiger partial charge in [0, 0.05) is 0 Å². The van der Waals surface area contributed by atoms with Gasteiger partial charge in [0.05, 0.1) is 0 Å². The second-order valence-corrected chi connectivity index (χ2v) is 13.6. The first kappa shape index (κ1) is 18.9. The van der Waals surface area contributed by atoms with Gasteiger partial charge in [-0.3, -0.25) is 0 Å². The van der Waals surface area contributed by atoms with Crippen LogP contribution in [0, 0.1) is 0 Å². The lowest BCUT2D eigenvalue weighted by Crippen LogP contribution is -2.51. The molecular weight excluding hydrogens is 262 g/mol. The van der Waals surface area contributed by atoms with Crippen molar-refractivity contribution in [3.05, 3.63) is 23.6 Å². The van der Waals surface area contributed by atoms with Gasteiger partial charge in [-0.05, 0) is 19.9 Å². The number of hydrogen-bond donors (Lipinski definition) is 0. The summed E-state index contributed by atoms with van der Waals surface area (Å²) in [6.07, 6.45) is 12.6. The molecule has 0 fully saturated rings. The molecule has 0 aliphatic heterocycles. The molecule has 0 N–H and O–H groups in total. The Morgan fingerprint density at radius 1 is 1.00 bits per heavy atom. The summed E-state index contributed by atoms with van der Waals surface area (Å²) in [5.74, 6) is 0. The van der Waals surface area contributed by atoms with Crippen molar-refractivity contribution in [2.45, 2.75) is 72.0 Å². The van der Waals surface area contributed by atoms with Crippen molar-refractivity contribution in [1.29, 1.82) is 0 Å². The van der Waals surface area contributed by atoms with E-state index in [1.807, 2.05) is 0 Å². The molecule has 3 heteroatoms.